The monoisotopic (exact) mass is 244 g/mol. The van der Waals surface area contributed by atoms with Gasteiger partial charge in [-0.15, -0.1) is 0 Å². The molecule has 1 fully saturated rings. The van der Waals surface area contributed by atoms with E-state index >= 15 is 0 Å². The molecule has 3 N–H and O–H groups in total. The molecule has 0 saturated carbocycles. The molecular formula is C11H20N2O4. The maximum absolute atomic E-state index is 11.8. The molecule has 0 aromatic carbocycles. The van der Waals surface area contributed by atoms with Crippen LogP contribution in [0.3, 0.4) is 0 Å². The van der Waals surface area contributed by atoms with Gasteiger partial charge in [-0.25, -0.2) is 4.79 Å². The molecule has 0 aromatic rings. The van der Waals surface area contributed by atoms with Gasteiger partial charge in [-0.05, 0) is 5.41 Å². The molecule has 1 rings (SSSR count). The average molecular weight is 244 g/mol. The Bertz CT molecular complexity index is 292. The smallest absolute Gasteiger partial charge is 0.326 e. The molecule has 1 aliphatic heterocycles. The van der Waals surface area contributed by atoms with Gasteiger partial charge >= 0.3 is 5.97 Å². The van der Waals surface area contributed by atoms with E-state index in [2.05, 4.69) is 10.6 Å². The first-order valence-corrected chi connectivity index (χ1v) is 5.68. The summed E-state index contributed by atoms with van der Waals surface area (Å²) in [6.07, 6.45) is -0.604. The second-order valence-corrected chi connectivity index (χ2v) is 5.21. The van der Waals surface area contributed by atoms with E-state index in [-0.39, 0.29) is 5.91 Å². The largest absolute Gasteiger partial charge is 0.480 e. The Morgan fingerprint density at radius 2 is 2.12 bits per heavy atom. The number of carbonyl (C=O) groups excluding carboxylic acids is 1. The molecule has 6 nitrogen and oxygen atoms in total. The number of carboxylic acids is 1. The summed E-state index contributed by atoms with van der Waals surface area (Å²) in [7, 11) is 0. The molecular weight excluding hydrogens is 224 g/mol. The molecule has 6 heteroatoms. The molecule has 2 unspecified atom stereocenters. The lowest BCUT2D eigenvalue weighted by Crippen LogP contribution is -2.55. The Morgan fingerprint density at radius 3 is 2.53 bits per heavy atom. The third kappa shape index (κ3) is 3.98. The highest BCUT2D eigenvalue weighted by molar-refractivity contribution is 5.87. The van der Waals surface area contributed by atoms with Gasteiger partial charge in [-0.2, -0.15) is 0 Å². The predicted molar refractivity (Wildman–Crippen MR) is 61.6 cm³/mol. The second-order valence-electron chi connectivity index (χ2n) is 5.21. The van der Waals surface area contributed by atoms with Gasteiger partial charge in [0.25, 0.3) is 5.91 Å². The molecule has 1 aliphatic rings. The zero-order valence-electron chi connectivity index (χ0n) is 10.4. The van der Waals surface area contributed by atoms with Crippen molar-refractivity contribution in [2.24, 2.45) is 5.41 Å². The molecule has 0 bridgehead atoms. The molecule has 0 radical (unpaired) electrons. The van der Waals surface area contributed by atoms with Crippen LogP contribution >= 0.6 is 0 Å². The molecule has 0 aromatic heterocycles. The van der Waals surface area contributed by atoms with Crippen LogP contribution in [0.2, 0.25) is 0 Å². The fourth-order valence-corrected chi connectivity index (χ4v) is 1.62. The van der Waals surface area contributed by atoms with Gasteiger partial charge in [-0.1, -0.05) is 20.8 Å². The summed E-state index contributed by atoms with van der Waals surface area (Å²) in [5, 5.41) is 14.6. The number of morpholine rings is 1. The Kier molecular flexibility index (Phi) is 4.47. The average Bonchev–Trinajstić information content (AvgIpc) is 2.24. The van der Waals surface area contributed by atoms with Gasteiger partial charge in [0.1, 0.15) is 12.1 Å². The first-order chi connectivity index (χ1) is 7.82. The summed E-state index contributed by atoms with van der Waals surface area (Å²) in [5.74, 6) is -1.41. The molecule has 1 heterocycles. The van der Waals surface area contributed by atoms with Crippen LogP contribution in [-0.4, -0.2) is 48.8 Å². The highest BCUT2D eigenvalue weighted by Crippen LogP contribution is 2.19. The van der Waals surface area contributed by atoms with Crippen LogP contribution in [0, 0.1) is 5.41 Å². The molecule has 98 valence electrons. The standard InChI is InChI=1S/C11H20N2O4/c1-11(2,3)8(10(15)16)13-9(14)7-6-12-4-5-17-7/h7-8,12H,4-6H2,1-3H3,(H,13,14)(H,15,16). The number of aliphatic carboxylic acids is 1. The summed E-state index contributed by atoms with van der Waals surface area (Å²) in [4.78, 5) is 22.9. The molecule has 2 atom stereocenters. The van der Waals surface area contributed by atoms with Crippen molar-refractivity contribution >= 4 is 11.9 Å². The lowest BCUT2D eigenvalue weighted by atomic mass is 9.86. The van der Waals surface area contributed by atoms with Crippen molar-refractivity contribution < 1.29 is 19.4 Å². The number of carbonyl (C=O) groups is 2. The van der Waals surface area contributed by atoms with E-state index in [1.807, 2.05) is 0 Å². The Morgan fingerprint density at radius 1 is 1.47 bits per heavy atom. The summed E-state index contributed by atoms with van der Waals surface area (Å²) < 4.78 is 5.27. The predicted octanol–water partition coefficient (Wildman–Crippen LogP) is -0.410. The van der Waals surface area contributed by atoms with Gasteiger partial charge in [0, 0.05) is 13.1 Å². The van der Waals surface area contributed by atoms with Gasteiger partial charge in [-0.3, -0.25) is 4.79 Å². The minimum atomic E-state index is -1.03. The van der Waals surface area contributed by atoms with E-state index < -0.39 is 23.5 Å². The summed E-state index contributed by atoms with van der Waals surface area (Å²) >= 11 is 0. The summed E-state index contributed by atoms with van der Waals surface area (Å²) in [5.41, 5.74) is -0.538. The van der Waals surface area contributed by atoms with Crippen molar-refractivity contribution in [2.45, 2.75) is 32.9 Å². The van der Waals surface area contributed by atoms with Crippen molar-refractivity contribution in [1.82, 2.24) is 10.6 Å². The Balaban J connectivity index is 2.60. The van der Waals surface area contributed by atoms with E-state index in [0.717, 1.165) is 0 Å². The van der Waals surface area contributed by atoms with Crippen LogP contribution in [0.15, 0.2) is 0 Å². The van der Waals surface area contributed by atoms with Crippen LogP contribution in [0.4, 0.5) is 0 Å². The minimum absolute atomic E-state index is 0.375. The molecule has 0 aliphatic carbocycles. The number of carboxylic acid groups (broad SMARTS) is 1. The maximum Gasteiger partial charge on any atom is 0.326 e. The van der Waals surface area contributed by atoms with Crippen LogP contribution in [0.5, 0.6) is 0 Å². The lowest BCUT2D eigenvalue weighted by molar-refractivity contribution is -0.148. The third-order valence-corrected chi connectivity index (χ3v) is 2.62. The van der Waals surface area contributed by atoms with Crippen LogP contribution < -0.4 is 10.6 Å². The number of rotatable bonds is 3. The van der Waals surface area contributed by atoms with Crippen molar-refractivity contribution in [3.05, 3.63) is 0 Å². The van der Waals surface area contributed by atoms with Crippen LogP contribution in [0.1, 0.15) is 20.8 Å². The van der Waals surface area contributed by atoms with E-state index in [9.17, 15) is 9.59 Å². The molecule has 17 heavy (non-hydrogen) atoms. The normalized spacial score (nSPS) is 22.9. The number of amides is 1. The van der Waals surface area contributed by atoms with E-state index in [1.54, 1.807) is 20.8 Å². The number of ether oxygens (including phenoxy) is 1. The van der Waals surface area contributed by atoms with E-state index in [0.29, 0.717) is 19.7 Å². The highest BCUT2D eigenvalue weighted by Gasteiger charge is 2.34. The van der Waals surface area contributed by atoms with Gasteiger partial charge < -0.3 is 20.5 Å². The van der Waals surface area contributed by atoms with Crippen molar-refractivity contribution in [2.75, 3.05) is 19.7 Å². The second kappa shape index (κ2) is 5.46. The van der Waals surface area contributed by atoms with E-state index in [4.69, 9.17) is 9.84 Å². The highest BCUT2D eigenvalue weighted by atomic mass is 16.5. The topological polar surface area (TPSA) is 87.7 Å². The van der Waals surface area contributed by atoms with Gasteiger partial charge in [0.15, 0.2) is 0 Å². The Hall–Kier alpha value is -1.14. The number of hydrogen-bond acceptors (Lipinski definition) is 4. The fourth-order valence-electron chi connectivity index (χ4n) is 1.62. The molecule has 1 saturated heterocycles. The number of hydrogen-bond donors (Lipinski definition) is 3. The zero-order chi connectivity index (χ0) is 13.1. The summed E-state index contributed by atoms with van der Waals surface area (Å²) in [6.45, 7) is 6.91. The maximum atomic E-state index is 11.8. The lowest BCUT2D eigenvalue weighted by Gasteiger charge is -2.30. The van der Waals surface area contributed by atoms with Gasteiger partial charge in [0.05, 0.1) is 6.61 Å². The quantitative estimate of drug-likeness (QED) is 0.628. The number of nitrogens with one attached hydrogen (secondary N) is 2. The Labute approximate surface area is 101 Å². The summed E-state index contributed by atoms with van der Waals surface area (Å²) in [6, 6.07) is -0.916. The third-order valence-electron chi connectivity index (χ3n) is 2.62. The van der Waals surface area contributed by atoms with Crippen LogP contribution in [0.25, 0.3) is 0 Å². The first kappa shape index (κ1) is 13.9. The fraction of sp³-hybridized carbons (Fsp3) is 0.818. The zero-order valence-corrected chi connectivity index (χ0v) is 10.4. The van der Waals surface area contributed by atoms with Crippen molar-refractivity contribution in [3.8, 4) is 0 Å². The van der Waals surface area contributed by atoms with Crippen molar-refractivity contribution in [3.63, 3.8) is 0 Å². The van der Waals surface area contributed by atoms with E-state index in [1.165, 1.54) is 0 Å². The van der Waals surface area contributed by atoms with Crippen molar-refractivity contribution in [1.29, 1.82) is 0 Å². The minimum Gasteiger partial charge on any atom is -0.480 e. The SMILES string of the molecule is CC(C)(C)C(NC(=O)C1CNCCO1)C(=O)O. The molecule has 0 spiro atoms. The van der Waals surface area contributed by atoms with Gasteiger partial charge in [0.2, 0.25) is 0 Å². The first-order valence-electron chi connectivity index (χ1n) is 5.68. The molecule has 1 amide bonds. The van der Waals surface area contributed by atoms with Crippen LogP contribution in [-0.2, 0) is 14.3 Å².